The molecule has 0 aromatic heterocycles. The van der Waals surface area contributed by atoms with E-state index >= 15 is 0 Å². The van der Waals surface area contributed by atoms with Gasteiger partial charge in [0.25, 0.3) is 0 Å². The number of rotatable bonds is 47. The zero-order valence-corrected chi connectivity index (χ0v) is 39.4. The molecule has 0 amide bonds. The Morgan fingerprint density at radius 1 is 0.466 bits per heavy atom. The third-order valence-corrected chi connectivity index (χ3v) is 12.2. The molecule has 0 saturated heterocycles. The molecule has 0 aliphatic carbocycles. The molecule has 0 aromatic carbocycles. The molecule has 0 aromatic rings. The second-order valence-corrected chi connectivity index (χ2v) is 18.5. The van der Waals surface area contributed by atoms with Crippen molar-refractivity contribution in [2.75, 3.05) is 20.3 Å². The first-order valence-corrected chi connectivity index (χ1v) is 26.4. The zero-order valence-electron chi connectivity index (χ0n) is 38.5. The molecule has 0 spiro atoms. The summed E-state index contributed by atoms with van der Waals surface area (Å²) < 4.78 is 32.1. The van der Waals surface area contributed by atoms with Crippen molar-refractivity contribution in [3.05, 3.63) is 12.2 Å². The summed E-state index contributed by atoms with van der Waals surface area (Å²) in [6.07, 6.45) is 51.3. The molecule has 1 N–H and O–H groups in total. The summed E-state index contributed by atoms with van der Waals surface area (Å²) in [7, 11) is -3.19. The average molecular weight is 843 g/mol. The molecule has 8 nitrogen and oxygen atoms in total. The van der Waals surface area contributed by atoms with E-state index in [9.17, 15) is 19.0 Å². The first-order valence-electron chi connectivity index (χ1n) is 24.9. The minimum Gasteiger partial charge on any atom is -0.462 e. The highest BCUT2D eigenvalue weighted by molar-refractivity contribution is 7.47. The van der Waals surface area contributed by atoms with E-state index in [0.717, 1.165) is 52.1 Å². The predicted molar refractivity (Wildman–Crippen MR) is 244 cm³/mol. The van der Waals surface area contributed by atoms with Crippen LogP contribution in [0.5, 0.6) is 0 Å². The lowest BCUT2D eigenvalue weighted by Crippen LogP contribution is -2.29. The van der Waals surface area contributed by atoms with Crippen molar-refractivity contribution in [1.29, 1.82) is 0 Å². The van der Waals surface area contributed by atoms with Gasteiger partial charge in [-0.25, -0.2) is 4.57 Å². The van der Waals surface area contributed by atoms with Gasteiger partial charge in [0.1, 0.15) is 6.61 Å². The summed E-state index contributed by atoms with van der Waals surface area (Å²) in [5.74, 6) is -0.792. The topological polar surface area (TPSA) is 108 Å². The van der Waals surface area contributed by atoms with Gasteiger partial charge < -0.3 is 14.4 Å². The minimum atomic E-state index is -4.26. The maximum absolute atomic E-state index is 12.5. The van der Waals surface area contributed by atoms with Gasteiger partial charge in [0.05, 0.1) is 6.61 Å². The van der Waals surface area contributed by atoms with Crippen LogP contribution in [0, 0.1) is 0 Å². The summed E-state index contributed by atoms with van der Waals surface area (Å²) in [5, 5.41) is 0. The van der Waals surface area contributed by atoms with Gasteiger partial charge in [0, 0.05) is 20.0 Å². The van der Waals surface area contributed by atoms with Gasteiger partial charge in [-0.15, -0.1) is 0 Å². The molecule has 0 saturated carbocycles. The van der Waals surface area contributed by atoms with Crippen LogP contribution < -0.4 is 0 Å². The first kappa shape index (κ1) is 56.8. The maximum Gasteiger partial charge on any atom is 0.472 e. The van der Waals surface area contributed by atoms with Crippen LogP contribution >= 0.6 is 7.82 Å². The van der Waals surface area contributed by atoms with E-state index in [4.69, 9.17) is 14.0 Å². The highest BCUT2D eigenvalue weighted by Crippen LogP contribution is 2.42. The van der Waals surface area contributed by atoms with E-state index in [2.05, 4.69) is 30.5 Å². The Balaban J connectivity index is 3.87. The highest BCUT2D eigenvalue weighted by atomic mass is 31.2. The van der Waals surface area contributed by atoms with Crippen LogP contribution in [0.15, 0.2) is 12.2 Å². The first-order chi connectivity index (χ1) is 28.3. The number of carbonyl (C=O) groups is 2. The normalized spacial score (nSPS) is 13.2. The molecule has 0 bridgehead atoms. The van der Waals surface area contributed by atoms with Gasteiger partial charge in [-0.2, -0.15) is 0 Å². The number of phosphoric acid groups is 1. The van der Waals surface area contributed by atoms with Gasteiger partial charge in [-0.05, 0) is 38.5 Å². The quantitative estimate of drug-likeness (QED) is 0.0279. The molecule has 0 radical (unpaired) electrons. The number of hydrogen-bond donors (Lipinski definition) is 1. The van der Waals surface area contributed by atoms with Gasteiger partial charge in [-0.3, -0.25) is 18.6 Å². The summed E-state index contributed by atoms with van der Waals surface area (Å²) in [6.45, 7) is 3.93. The van der Waals surface area contributed by atoms with E-state index in [1.54, 1.807) is 0 Å². The van der Waals surface area contributed by atoms with Crippen LogP contribution in [0.2, 0.25) is 0 Å². The molecular formula is C49H95O8P. The molecule has 0 aliphatic rings. The number of phosphoric ester groups is 1. The number of hydrogen-bond acceptors (Lipinski definition) is 7. The second kappa shape index (κ2) is 45.3. The third kappa shape index (κ3) is 44.3. The minimum absolute atomic E-state index is 0.220. The Morgan fingerprint density at radius 3 is 1.12 bits per heavy atom. The van der Waals surface area contributed by atoms with Crippen LogP contribution in [0.25, 0.3) is 0 Å². The maximum atomic E-state index is 12.5. The average Bonchev–Trinajstić information content (AvgIpc) is 3.21. The van der Waals surface area contributed by atoms with Gasteiger partial charge in [-0.1, -0.05) is 225 Å². The Bertz CT molecular complexity index is 957. The summed E-state index contributed by atoms with van der Waals surface area (Å²) in [6, 6.07) is 0. The number of carbonyl (C=O) groups excluding carboxylic acids is 2. The van der Waals surface area contributed by atoms with Crippen molar-refractivity contribution in [2.24, 2.45) is 0 Å². The fourth-order valence-electron chi connectivity index (χ4n) is 7.42. The lowest BCUT2D eigenvalue weighted by atomic mass is 10.0. The molecule has 0 fully saturated rings. The molecule has 0 heterocycles. The largest absolute Gasteiger partial charge is 0.472 e. The Kier molecular flexibility index (Phi) is 44.4. The van der Waals surface area contributed by atoms with E-state index in [1.807, 2.05) is 0 Å². The lowest BCUT2D eigenvalue weighted by Gasteiger charge is -2.19. The number of ether oxygens (including phenoxy) is 2. The number of esters is 2. The highest BCUT2D eigenvalue weighted by Gasteiger charge is 2.24. The van der Waals surface area contributed by atoms with Crippen molar-refractivity contribution in [2.45, 2.75) is 270 Å². The second-order valence-electron chi connectivity index (χ2n) is 17.0. The fraction of sp³-hybridized carbons (Fsp3) is 0.918. The van der Waals surface area contributed by atoms with Crippen molar-refractivity contribution in [3.8, 4) is 0 Å². The van der Waals surface area contributed by atoms with Crippen LogP contribution in [0.4, 0.5) is 0 Å². The molecule has 344 valence electrons. The predicted octanol–water partition coefficient (Wildman–Crippen LogP) is 16.0. The van der Waals surface area contributed by atoms with Crippen LogP contribution in [0.3, 0.4) is 0 Å². The molecule has 0 rings (SSSR count). The Morgan fingerprint density at radius 2 is 0.776 bits per heavy atom. The summed E-state index contributed by atoms with van der Waals surface area (Å²) >= 11 is 0. The van der Waals surface area contributed by atoms with Crippen molar-refractivity contribution >= 4 is 19.8 Å². The molecule has 0 aliphatic heterocycles. The smallest absolute Gasteiger partial charge is 0.462 e. The van der Waals surface area contributed by atoms with Gasteiger partial charge in [0.2, 0.25) is 0 Å². The Hall–Kier alpha value is -1.21. The third-order valence-electron chi connectivity index (χ3n) is 11.3. The summed E-state index contributed by atoms with van der Waals surface area (Å²) in [5.41, 5.74) is 0. The molecule has 58 heavy (non-hydrogen) atoms. The van der Waals surface area contributed by atoms with Crippen molar-refractivity contribution < 1.29 is 37.6 Å². The van der Waals surface area contributed by atoms with Crippen LogP contribution in [-0.4, -0.2) is 43.3 Å². The van der Waals surface area contributed by atoms with Crippen LogP contribution in [-0.2, 0) is 32.7 Å². The van der Waals surface area contributed by atoms with Crippen molar-refractivity contribution in [1.82, 2.24) is 0 Å². The lowest BCUT2D eigenvalue weighted by molar-refractivity contribution is -0.161. The zero-order chi connectivity index (χ0) is 42.5. The molecular weight excluding hydrogens is 748 g/mol. The van der Waals surface area contributed by atoms with Crippen molar-refractivity contribution in [3.63, 3.8) is 0 Å². The number of unbranched alkanes of at least 4 members (excludes halogenated alkanes) is 34. The molecule has 2 unspecified atom stereocenters. The summed E-state index contributed by atoms with van der Waals surface area (Å²) in [4.78, 5) is 34.6. The van der Waals surface area contributed by atoms with Gasteiger partial charge in [0.15, 0.2) is 6.10 Å². The van der Waals surface area contributed by atoms with E-state index in [-0.39, 0.29) is 19.0 Å². The number of allylic oxidation sites excluding steroid dienone is 2. The van der Waals surface area contributed by atoms with Crippen LogP contribution in [0.1, 0.15) is 264 Å². The van der Waals surface area contributed by atoms with E-state index in [1.165, 1.54) is 186 Å². The van der Waals surface area contributed by atoms with E-state index < -0.39 is 26.5 Å². The van der Waals surface area contributed by atoms with E-state index in [0.29, 0.717) is 12.8 Å². The fourth-order valence-corrected chi connectivity index (χ4v) is 7.88. The molecule has 2 atom stereocenters. The molecule has 9 heteroatoms. The SMILES string of the molecule is CCCCCCCCC/C=C\CCCCCCCCCC(=O)OC(COC(=O)CCCCCCCCCCCCCCCCCCCCCCC)COP(=O)(O)OC. The Labute approximate surface area is 359 Å². The van der Waals surface area contributed by atoms with Gasteiger partial charge >= 0.3 is 19.8 Å². The monoisotopic (exact) mass is 843 g/mol. The standard InChI is InChI=1S/C49H95O8P/c1-4-6-8-10-12-14-16-18-20-22-24-25-26-28-29-31-33-35-37-39-41-43-48(50)55-45-47(46-56-58(52,53)54-3)57-49(51)44-42-40-38-36-34-32-30-27-23-21-19-17-15-13-11-9-7-5-2/h21,23,47H,4-20,22,24-46H2,1-3H3,(H,52,53)/b23-21-.